The summed E-state index contributed by atoms with van der Waals surface area (Å²) in [5.41, 5.74) is 5.60. The molecule has 1 saturated carbocycles. The molecular weight excluding hydrogens is 525 g/mol. The van der Waals surface area contributed by atoms with Gasteiger partial charge in [-0.25, -0.2) is 8.42 Å². The summed E-state index contributed by atoms with van der Waals surface area (Å²) in [5.74, 6) is -2.48. The molecule has 8 nitrogen and oxygen atoms in total. The number of unbranched alkanes of at least 4 members (excludes halogenated alkanes) is 2. The lowest BCUT2D eigenvalue weighted by Gasteiger charge is -2.24. The van der Waals surface area contributed by atoms with Gasteiger partial charge in [0.2, 0.25) is 10.0 Å². The van der Waals surface area contributed by atoms with Gasteiger partial charge in [-0.2, -0.15) is 17.5 Å². The summed E-state index contributed by atoms with van der Waals surface area (Å²) in [4.78, 5) is 20.0. The number of quaternary nitrogens is 1. The summed E-state index contributed by atoms with van der Waals surface area (Å²) in [6, 6.07) is 7.48. The number of sulfonamides is 1. The summed E-state index contributed by atoms with van der Waals surface area (Å²) < 4.78 is 63.9. The molecule has 0 heterocycles. The third kappa shape index (κ3) is 14.5. The molecular formula is C26H39F3N2O6S. The Hall–Kier alpha value is -2.44. The smallest absolute Gasteiger partial charge is 0.430 e. The molecule has 1 aliphatic rings. The number of rotatable bonds is 13. The summed E-state index contributed by atoms with van der Waals surface area (Å²) in [5, 5.41) is 10.1. The molecule has 1 aliphatic carbocycles. The second kappa shape index (κ2) is 17.2. The summed E-state index contributed by atoms with van der Waals surface area (Å²) in [6.45, 7) is 1.04. The van der Waals surface area contributed by atoms with Crippen molar-refractivity contribution in [1.29, 1.82) is 0 Å². The zero-order valence-corrected chi connectivity index (χ0v) is 22.7. The number of carbonyl (C=O) groups excluding carboxylic acids is 2. The highest BCUT2D eigenvalue weighted by molar-refractivity contribution is 7.92. The minimum atomic E-state index is -5.19. The van der Waals surface area contributed by atoms with Crippen LogP contribution in [0.5, 0.6) is 0 Å². The summed E-state index contributed by atoms with van der Waals surface area (Å²) in [7, 11) is -2.11. The topological polar surface area (TPSA) is 131 Å². The van der Waals surface area contributed by atoms with Gasteiger partial charge in [-0.15, -0.1) is 0 Å². The van der Waals surface area contributed by atoms with E-state index >= 15 is 0 Å². The van der Waals surface area contributed by atoms with E-state index < -0.39 is 22.2 Å². The van der Waals surface area contributed by atoms with Crippen molar-refractivity contribution in [1.82, 2.24) is 4.31 Å². The zero-order valence-electron chi connectivity index (χ0n) is 21.9. The molecule has 2 rings (SSSR count). The standard InChI is InChI=1S/C24H38N2O4S.C2HF3O2/c1-30-24(27)12-6-3-7-18-26(19-8-11-21-9-4-2-5-10-21)31(28,29)20-17-22-13-15-23(25)16-14-22;3-2(4,5)1(6)7/h13-17,20-21H,2-12,18-19,25H2,1H3;(H,6,7)/b20-17+;. The highest BCUT2D eigenvalue weighted by Crippen LogP contribution is 2.27. The highest BCUT2D eigenvalue weighted by Gasteiger charge is 2.28. The zero-order chi connectivity index (χ0) is 28.6. The Morgan fingerprint density at radius 3 is 2.18 bits per heavy atom. The van der Waals surface area contributed by atoms with Crippen LogP contribution in [0.1, 0.15) is 76.2 Å². The third-order valence-electron chi connectivity index (χ3n) is 6.26. The highest BCUT2D eigenvalue weighted by atomic mass is 32.2. The van der Waals surface area contributed by atoms with E-state index in [2.05, 4.69) is 10.5 Å². The number of nitrogens with zero attached hydrogens (tertiary/aromatic N) is 1. The number of hydrogen-bond donors (Lipinski definition) is 1. The van der Waals surface area contributed by atoms with E-state index in [1.807, 2.05) is 24.3 Å². The predicted molar refractivity (Wildman–Crippen MR) is 136 cm³/mol. The predicted octanol–water partition coefficient (Wildman–Crippen LogP) is 3.56. The number of aliphatic carboxylic acids is 1. The van der Waals surface area contributed by atoms with Gasteiger partial charge in [0, 0.05) is 24.9 Å². The Bertz CT molecular complexity index is 976. The van der Waals surface area contributed by atoms with Gasteiger partial charge in [-0.3, -0.25) is 4.79 Å². The molecule has 12 heteroatoms. The number of ether oxygens (including phenoxy) is 1. The number of alkyl halides is 3. The quantitative estimate of drug-likeness (QED) is 0.288. The number of hydrogen-bond acceptors (Lipinski definition) is 6. The molecule has 3 N–H and O–H groups in total. The number of methoxy groups -OCH3 is 1. The minimum Gasteiger partial charge on any atom is -0.542 e. The molecule has 0 aliphatic heterocycles. The summed E-state index contributed by atoms with van der Waals surface area (Å²) >= 11 is 0. The Morgan fingerprint density at radius 2 is 1.63 bits per heavy atom. The number of benzene rings is 1. The Morgan fingerprint density at radius 1 is 1.05 bits per heavy atom. The number of carboxylic acid groups (broad SMARTS) is 1. The molecule has 0 amide bonds. The fourth-order valence-corrected chi connectivity index (χ4v) is 5.38. The fourth-order valence-electron chi connectivity index (χ4n) is 4.11. The van der Waals surface area contributed by atoms with Crippen LogP contribution in [0.3, 0.4) is 0 Å². The van der Waals surface area contributed by atoms with E-state index in [1.165, 1.54) is 44.6 Å². The van der Waals surface area contributed by atoms with Crippen LogP contribution >= 0.6 is 0 Å². The molecule has 1 fully saturated rings. The van der Waals surface area contributed by atoms with Crippen molar-refractivity contribution in [2.45, 2.75) is 76.8 Å². The Kier molecular flexibility index (Phi) is 15.2. The van der Waals surface area contributed by atoms with Gasteiger partial charge in [0.05, 0.1) is 7.11 Å². The second-order valence-corrected chi connectivity index (χ2v) is 11.1. The van der Waals surface area contributed by atoms with Crippen molar-refractivity contribution < 1.29 is 46.8 Å². The number of carbonyl (C=O) groups is 2. The monoisotopic (exact) mass is 564 g/mol. The van der Waals surface area contributed by atoms with E-state index in [0.29, 0.717) is 19.5 Å². The van der Waals surface area contributed by atoms with Gasteiger partial charge in [0.15, 0.2) is 0 Å². The van der Waals surface area contributed by atoms with Crippen LogP contribution in [0.4, 0.5) is 18.9 Å². The van der Waals surface area contributed by atoms with E-state index in [-0.39, 0.29) is 5.97 Å². The molecule has 1 aromatic rings. The molecule has 0 atom stereocenters. The van der Waals surface area contributed by atoms with E-state index in [4.69, 9.17) is 9.90 Å². The Labute approximate surface area is 223 Å². The van der Waals surface area contributed by atoms with Crippen LogP contribution in [-0.2, 0) is 24.3 Å². The maximum atomic E-state index is 13.0. The number of esters is 1. The van der Waals surface area contributed by atoms with Crippen molar-refractivity contribution >= 4 is 33.7 Å². The molecule has 0 saturated heterocycles. The molecule has 216 valence electrons. The van der Waals surface area contributed by atoms with Crippen LogP contribution in [0.25, 0.3) is 6.08 Å². The SMILES string of the molecule is COC(=O)CCCCCN(CCCC1CCCCC1)S(=O)(=O)/C=C/c1ccc([NH3+])cc1.O=C([O-])C(F)(F)F. The first kappa shape index (κ1) is 33.6. The van der Waals surface area contributed by atoms with Gasteiger partial charge in [0.1, 0.15) is 11.7 Å². The molecule has 0 bridgehead atoms. The van der Waals surface area contributed by atoms with Gasteiger partial charge in [-0.1, -0.05) is 38.5 Å². The fraction of sp³-hybridized carbons (Fsp3) is 0.615. The lowest BCUT2D eigenvalue weighted by atomic mass is 9.86. The van der Waals surface area contributed by atoms with Crippen LogP contribution in [0, 0.1) is 5.92 Å². The van der Waals surface area contributed by atoms with Crippen molar-refractivity contribution in [3.8, 4) is 0 Å². The average Bonchev–Trinajstić information content (AvgIpc) is 2.87. The molecule has 38 heavy (non-hydrogen) atoms. The molecule has 0 aromatic heterocycles. The third-order valence-corrected chi connectivity index (χ3v) is 7.83. The maximum absolute atomic E-state index is 13.0. The summed E-state index contributed by atoms with van der Waals surface area (Å²) in [6.07, 6.45) is 7.61. The average molecular weight is 565 g/mol. The van der Waals surface area contributed by atoms with E-state index in [1.54, 1.807) is 10.4 Å². The van der Waals surface area contributed by atoms with Crippen LogP contribution < -0.4 is 10.8 Å². The molecule has 0 radical (unpaired) electrons. The Balaban J connectivity index is 0.000000905. The molecule has 0 unspecified atom stereocenters. The van der Waals surface area contributed by atoms with Crippen LogP contribution in [0.2, 0.25) is 0 Å². The van der Waals surface area contributed by atoms with Crippen LogP contribution in [-0.4, -0.2) is 51.0 Å². The first-order valence-corrected chi connectivity index (χ1v) is 14.3. The van der Waals surface area contributed by atoms with Gasteiger partial charge >= 0.3 is 12.1 Å². The van der Waals surface area contributed by atoms with Crippen molar-refractivity contribution in [3.63, 3.8) is 0 Å². The van der Waals surface area contributed by atoms with Crippen LogP contribution in [0.15, 0.2) is 29.7 Å². The lowest BCUT2D eigenvalue weighted by molar-refractivity contribution is -0.344. The first-order chi connectivity index (χ1) is 17.8. The molecule has 0 spiro atoms. The minimum absolute atomic E-state index is 0.215. The first-order valence-electron chi connectivity index (χ1n) is 12.8. The molecule has 1 aromatic carbocycles. The normalized spacial score (nSPS) is 14.8. The largest absolute Gasteiger partial charge is 0.542 e. The van der Waals surface area contributed by atoms with E-state index in [0.717, 1.165) is 49.3 Å². The van der Waals surface area contributed by atoms with Gasteiger partial charge in [0.25, 0.3) is 0 Å². The second-order valence-electron chi connectivity index (χ2n) is 9.31. The van der Waals surface area contributed by atoms with Gasteiger partial charge in [-0.05, 0) is 67.5 Å². The number of carboxylic acids is 1. The van der Waals surface area contributed by atoms with Crippen molar-refractivity contribution in [2.24, 2.45) is 5.92 Å². The van der Waals surface area contributed by atoms with Gasteiger partial charge < -0.3 is 20.4 Å². The lowest BCUT2D eigenvalue weighted by Crippen LogP contribution is -2.39. The van der Waals surface area contributed by atoms with E-state index in [9.17, 15) is 26.4 Å². The number of halogens is 3. The van der Waals surface area contributed by atoms with Crippen molar-refractivity contribution in [2.75, 3.05) is 20.2 Å². The van der Waals surface area contributed by atoms with Crippen molar-refractivity contribution in [3.05, 3.63) is 35.2 Å². The maximum Gasteiger partial charge on any atom is 0.430 e.